The smallest absolute Gasteiger partial charge is 0.259 e. The normalized spacial score (nSPS) is 10.5. The third kappa shape index (κ3) is 4.94. The van der Waals surface area contributed by atoms with Crippen LogP contribution in [0.2, 0.25) is 0 Å². The topological polar surface area (TPSA) is 62.7 Å². The van der Waals surface area contributed by atoms with Gasteiger partial charge < -0.3 is 10.1 Å². The van der Waals surface area contributed by atoms with Gasteiger partial charge in [0.15, 0.2) is 0 Å². The minimum absolute atomic E-state index is 0.170. The fourth-order valence-corrected chi connectivity index (χ4v) is 1.76. The highest BCUT2D eigenvalue weighted by molar-refractivity contribution is 5.84. The van der Waals surface area contributed by atoms with E-state index in [4.69, 9.17) is 4.74 Å². The van der Waals surface area contributed by atoms with Gasteiger partial charge in [-0.15, -0.1) is 0 Å². The van der Waals surface area contributed by atoms with Crippen molar-refractivity contribution >= 4 is 17.8 Å². The van der Waals surface area contributed by atoms with E-state index >= 15 is 0 Å². The molecular formula is C17H19N3O2. The molecule has 0 fully saturated rings. The summed E-state index contributed by atoms with van der Waals surface area (Å²) in [7, 11) is 1.62. The van der Waals surface area contributed by atoms with Gasteiger partial charge in [-0.2, -0.15) is 5.10 Å². The van der Waals surface area contributed by atoms with Gasteiger partial charge in [0.2, 0.25) is 0 Å². The van der Waals surface area contributed by atoms with Crippen LogP contribution in [0.1, 0.15) is 11.1 Å². The van der Waals surface area contributed by atoms with Crippen molar-refractivity contribution in [2.24, 2.45) is 5.10 Å². The van der Waals surface area contributed by atoms with Crippen molar-refractivity contribution in [3.8, 4) is 5.75 Å². The average molecular weight is 297 g/mol. The molecule has 2 aromatic carbocycles. The molecular weight excluding hydrogens is 278 g/mol. The van der Waals surface area contributed by atoms with Gasteiger partial charge in [-0.05, 0) is 48.9 Å². The second kappa shape index (κ2) is 7.83. The molecule has 0 saturated carbocycles. The summed E-state index contributed by atoms with van der Waals surface area (Å²) < 4.78 is 5.07. The van der Waals surface area contributed by atoms with Gasteiger partial charge >= 0.3 is 0 Å². The van der Waals surface area contributed by atoms with E-state index in [1.165, 1.54) is 5.56 Å². The van der Waals surface area contributed by atoms with E-state index in [1.54, 1.807) is 13.3 Å². The lowest BCUT2D eigenvalue weighted by Crippen LogP contribution is -2.25. The highest BCUT2D eigenvalue weighted by Gasteiger charge is 1.99. The zero-order valence-electron chi connectivity index (χ0n) is 12.7. The quantitative estimate of drug-likeness (QED) is 0.636. The first-order valence-corrected chi connectivity index (χ1v) is 6.94. The second-order valence-electron chi connectivity index (χ2n) is 4.79. The molecule has 5 nitrogen and oxygen atoms in total. The zero-order valence-corrected chi connectivity index (χ0v) is 12.7. The van der Waals surface area contributed by atoms with Crippen LogP contribution in [-0.4, -0.2) is 25.8 Å². The maximum atomic E-state index is 11.7. The third-order valence-corrected chi connectivity index (χ3v) is 3.02. The Balaban J connectivity index is 1.76. The van der Waals surface area contributed by atoms with Gasteiger partial charge in [-0.1, -0.05) is 17.7 Å². The van der Waals surface area contributed by atoms with Crippen LogP contribution in [0.4, 0.5) is 5.69 Å². The highest BCUT2D eigenvalue weighted by atomic mass is 16.5. The Hall–Kier alpha value is -2.82. The largest absolute Gasteiger partial charge is 0.497 e. The van der Waals surface area contributed by atoms with E-state index in [2.05, 4.69) is 15.8 Å². The number of hydrogen-bond donors (Lipinski definition) is 2. The molecule has 0 spiro atoms. The predicted molar refractivity (Wildman–Crippen MR) is 88.4 cm³/mol. The summed E-state index contributed by atoms with van der Waals surface area (Å²) in [4.78, 5) is 11.7. The van der Waals surface area contributed by atoms with Crippen LogP contribution in [-0.2, 0) is 4.79 Å². The molecule has 0 radical (unpaired) electrons. The Labute approximate surface area is 130 Å². The van der Waals surface area contributed by atoms with Crippen molar-refractivity contribution in [2.45, 2.75) is 6.92 Å². The minimum Gasteiger partial charge on any atom is -0.497 e. The molecule has 0 bridgehead atoms. The number of hydrogen-bond acceptors (Lipinski definition) is 4. The first-order valence-electron chi connectivity index (χ1n) is 6.94. The predicted octanol–water partition coefficient (Wildman–Crippen LogP) is 2.57. The van der Waals surface area contributed by atoms with Crippen molar-refractivity contribution in [3.05, 3.63) is 59.7 Å². The molecule has 0 heterocycles. The van der Waals surface area contributed by atoms with Gasteiger partial charge in [0.25, 0.3) is 5.91 Å². The molecule has 0 aromatic heterocycles. The van der Waals surface area contributed by atoms with Crippen LogP contribution in [0.3, 0.4) is 0 Å². The molecule has 0 unspecified atom stereocenters. The summed E-state index contributed by atoms with van der Waals surface area (Å²) in [5.74, 6) is 0.578. The molecule has 0 saturated heterocycles. The number of carbonyl (C=O) groups is 1. The molecule has 2 aromatic rings. The van der Waals surface area contributed by atoms with Crippen molar-refractivity contribution in [3.63, 3.8) is 0 Å². The van der Waals surface area contributed by atoms with Gasteiger partial charge in [0.05, 0.1) is 19.9 Å². The van der Waals surface area contributed by atoms with Crippen LogP contribution >= 0.6 is 0 Å². The highest BCUT2D eigenvalue weighted by Crippen LogP contribution is 2.09. The van der Waals surface area contributed by atoms with Crippen LogP contribution in [0.5, 0.6) is 5.75 Å². The van der Waals surface area contributed by atoms with Gasteiger partial charge in [-0.3, -0.25) is 4.79 Å². The van der Waals surface area contributed by atoms with Gasteiger partial charge in [0, 0.05) is 5.69 Å². The first-order chi connectivity index (χ1) is 10.7. The standard InChI is InChI=1S/C17H19N3O2/c1-13-3-7-15(8-4-13)18-12-17(21)20-19-11-14-5-9-16(22-2)10-6-14/h3-11,18H,12H2,1-2H3,(H,20,21). The molecule has 114 valence electrons. The molecule has 1 amide bonds. The van der Waals surface area contributed by atoms with E-state index in [1.807, 2.05) is 55.5 Å². The summed E-state index contributed by atoms with van der Waals surface area (Å²) in [6.07, 6.45) is 1.59. The van der Waals surface area contributed by atoms with Crippen molar-refractivity contribution in [1.82, 2.24) is 5.43 Å². The Morgan fingerprint density at radius 2 is 1.82 bits per heavy atom. The summed E-state index contributed by atoms with van der Waals surface area (Å²) >= 11 is 0. The number of carbonyl (C=O) groups excluding carboxylic acids is 1. The maximum absolute atomic E-state index is 11.7. The summed E-state index contributed by atoms with van der Waals surface area (Å²) in [5.41, 5.74) is 5.44. The molecule has 2 rings (SSSR count). The lowest BCUT2D eigenvalue weighted by atomic mass is 10.2. The van der Waals surface area contributed by atoms with Crippen molar-refractivity contribution < 1.29 is 9.53 Å². The SMILES string of the molecule is COc1ccc(C=NNC(=O)CNc2ccc(C)cc2)cc1. The van der Waals surface area contributed by atoms with E-state index in [9.17, 15) is 4.79 Å². The lowest BCUT2D eigenvalue weighted by Gasteiger charge is -2.05. The average Bonchev–Trinajstić information content (AvgIpc) is 2.55. The number of methoxy groups -OCH3 is 1. The minimum atomic E-state index is -0.203. The number of ether oxygens (including phenoxy) is 1. The first kappa shape index (κ1) is 15.6. The number of amides is 1. The molecule has 5 heteroatoms. The number of anilines is 1. The number of hydrazone groups is 1. The summed E-state index contributed by atoms with van der Waals surface area (Å²) in [5, 5.41) is 6.95. The van der Waals surface area contributed by atoms with E-state index in [-0.39, 0.29) is 12.5 Å². The van der Waals surface area contributed by atoms with Crippen molar-refractivity contribution in [1.29, 1.82) is 0 Å². The fraction of sp³-hybridized carbons (Fsp3) is 0.176. The number of nitrogens with zero attached hydrogens (tertiary/aromatic N) is 1. The Kier molecular flexibility index (Phi) is 5.54. The van der Waals surface area contributed by atoms with E-state index in [0.29, 0.717) is 0 Å². The Bertz CT molecular complexity index is 634. The third-order valence-electron chi connectivity index (χ3n) is 3.02. The van der Waals surface area contributed by atoms with Crippen LogP contribution in [0.15, 0.2) is 53.6 Å². The van der Waals surface area contributed by atoms with Gasteiger partial charge in [0.1, 0.15) is 5.75 Å². The maximum Gasteiger partial charge on any atom is 0.259 e. The number of benzene rings is 2. The molecule has 0 aliphatic heterocycles. The van der Waals surface area contributed by atoms with E-state index in [0.717, 1.165) is 17.0 Å². The number of nitrogens with one attached hydrogen (secondary N) is 2. The van der Waals surface area contributed by atoms with Crippen LogP contribution < -0.4 is 15.5 Å². The molecule has 2 N–H and O–H groups in total. The number of aryl methyl sites for hydroxylation is 1. The fourth-order valence-electron chi connectivity index (χ4n) is 1.76. The van der Waals surface area contributed by atoms with Crippen LogP contribution in [0, 0.1) is 6.92 Å². The summed E-state index contributed by atoms with van der Waals surface area (Å²) in [6, 6.07) is 15.2. The lowest BCUT2D eigenvalue weighted by molar-refractivity contribution is -0.119. The molecule has 0 aliphatic rings. The zero-order chi connectivity index (χ0) is 15.8. The number of rotatable bonds is 6. The second-order valence-corrected chi connectivity index (χ2v) is 4.79. The monoisotopic (exact) mass is 297 g/mol. The Morgan fingerprint density at radius 1 is 1.14 bits per heavy atom. The summed E-state index contributed by atoms with van der Waals surface area (Å²) in [6.45, 7) is 2.19. The van der Waals surface area contributed by atoms with Crippen LogP contribution in [0.25, 0.3) is 0 Å². The molecule has 0 atom stereocenters. The molecule has 22 heavy (non-hydrogen) atoms. The molecule has 0 aliphatic carbocycles. The Morgan fingerprint density at radius 3 is 2.45 bits per heavy atom. The van der Waals surface area contributed by atoms with Crippen molar-refractivity contribution in [2.75, 3.05) is 19.0 Å². The van der Waals surface area contributed by atoms with Gasteiger partial charge in [-0.25, -0.2) is 5.43 Å². The van der Waals surface area contributed by atoms with E-state index < -0.39 is 0 Å².